The molecule has 0 aliphatic carbocycles. The summed E-state index contributed by atoms with van der Waals surface area (Å²) in [5, 5.41) is 15.0. The van der Waals surface area contributed by atoms with Gasteiger partial charge in [0.25, 0.3) is 0 Å². The Morgan fingerprint density at radius 2 is 0.433 bits per heavy atom. The van der Waals surface area contributed by atoms with E-state index in [2.05, 4.69) is 231 Å². The quantitative estimate of drug-likeness (QED) is 0.153. The second-order valence-electron chi connectivity index (χ2n) is 15.8. The van der Waals surface area contributed by atoms with E-state index >= 15 is 0 Å². The van der Waals surface area contributed by atoms with Crippen molar-refractivity contribution in [2.75, 3.05) is 0 Å². The lowest BCUT2D eigenvalue weighted by atomic mass is 9.78. The maximum Gasteiger partial charge on any atom is -0.00139 e. The number of fused-ring (bicyclic) bond motifs is 6. The van der Waals surface area contributed by atoms with Crippen molar-refractivity contribution in [3.8, 4) is 55.6 Å². The van der Waals surface area contributed by atoms with Gasteiger partial charge in [0.15, 0.2) is 0 Å². The first-order chi connectivity index (χ1) is 29.8. The van der Waals surface area contributed by atoms with Gasteiger partial charge in [-0.15, -0.1) is 0 Å². The van der Waals surface area contributed by atoms with Gasteiger partial charge in [-0.3, -0.25) is 0 Å². The molecule has 0 nitrogen and oxygen atoms in total. The molecule has 0 aromatic heterocycles. The lowest BCUT2D eigenvalue weighted by Gasteiger charge is -2.24. The van der Waals surface area contributed by atoms with Gasteiger partial charge in [-0.25, -0.2) is 0 Å². The molecule has 0 amide bonds. The topological polar surface area (TPSA) is 0 Å². The molecule has 0 aliphatic heterocycles. The van der Waals surface area contributed by atoms with Crippen LogP contribution < -0.4 is 0 Å². The fraction of sp³-hybridized carbons (Fsp3) is 0. The Balaban J connectivity index is 1.26. The first-order valence-corrected chi connectivity index (χ1v) is 20.9. The van der Waals surface area contributed by atoms with Crippen LogP contribution in [-0.2, 0) is 0 Å². The first-order valence-electron chi connectivity index (χ1n) is 20.9. The Morgan fingerprint density at radius 1 is 0.150 bits per heavy atom. The van der Waals surface area contributed by atoms with E-state index in [-0.39, 0.29) is 0 Å². The number of hydrogen-bond acceptors (Lipinski definition) is 0. The highest BCUT2D eigenvalue weighted by molar-refractivity contribution is 6.29. The Morgan fingerprint density at radius 3 is 0.867 bits per heavy atom. The molecule has 60 heavy (non-hydrogen) atoms. The normalized spacial score (nSPS) is 11.7. The van der Waals surface area contributed by atoms with E-state index < -0.39 is 0 Å². The Bertz CT molecular complexity index is 3520. The SMILES string of the molecule is c1ccc(-c2cccc(-c3c4ccccc4c(-c4cccc5ccccc45)c4ccccc34)c2-c2c3ccccc3c(-c3cccc4ccccc34)c3ccccc23)cc1. The molecule has 0 fully saturated rings. The van der Waals surface area contributed by atoms with Crippen molar-refractivity contribution in [3.05, 3.63) is 231 Å². The molecule has 0 N–H and O–H groups in total. The summed E-state index contributed by atoms with van der Waals surface area (Å²) in [6.07, 6.45) is 0. The highest BCUT2D eigenvalue weighted by Crippen LogP contribution is 2.53. The molecular weight excluding hydrogens is 721 g/mol. The first kappa shape index (κ1) is 34.3. The van der Waals surface area contributed by atoms with Crippen LogP contribution in [0.1, 0.15) is 0 Å². The number of hydrogen-bond donors (Lipinski definition) is 0. The number of benzene rings is 12. The third-order valence-electron chi connectivity index (χ3n) is 12.6. The molecule has 0 aliphatic rings. The van der Waals surface area contributed by atoms with Crippen LogP contribution in [0, 0.1) is 0 Å². The van der Waals surface area contributed by atoms with Crippen molar-refractivity contribution >= 4 is 64.6 Å². The van der Waals surface area contributed by atoms with Crippen molar-refractivity contribution in [1.82, 2.24) is 0 Å². The van der Waals surface area contributed by atoms with Crippen LogP contribution >= 0.6 is 0 Å². The van der Waals surface area contributed by atoms with E-state index in [1.807, 2.05) is 0 Å². The molecule has 0 saturated heterocycles. The number of rotatable bonds is 5. The van der Waals surface area contributed by atoms with Gasteiger partial charge in [0.1, 0.15) is 0 Å². The van der Waals surface area contributed by atoms with Crippen LogP contribution in [0.2, 0.25) is 0 Å². The smallest absolute Gasteiger partial charge is 0.00139 e. The van der Waals surface area contributed by atoms with E-state index in [4.69, 9.17) is 0 Å². The summed E-state index contributed by atoms with van der Waals surface area (Å²) in [6.45, 7) is 0. The molecule has 0 heteroatoms. The van der Waals surface area contributed by atoms with Crippen LogP contribution in [0.15, 0.2) is 231 Å². The molecule has 0 heterocycles. The molecule has 12 rings (SSSR count). The van der Waals surface area contributed by atoms with Gasteiger partial charge >= 0.3 is 0 Å². The monoisotopic (exact) mass is 758 g/mol. The van der Waals surface area contributed by atoms with Crippen molar-refractivity contribution in [2.45, 2.75) is 0 Å². The Hall–Kier alpha value is -7.80. The largest absolute Gasteiger partial charge is 0.0622 e. The fourth-order valence-electron chi connectivity index (χ4n) is 10.2. The molecule has 0 bridgehead atoms. The second-order valence-corrected chi connectivity index (χ2v) is 15.8. The molecule has 0 spiro atoms. The lowest BCUT2D eigenvalue weighted by Crippen LogP contribution is -1.97. The van der Waals surface area contributed by atoms with E-state index in [0.717, 1.165) is 0 Å². The summed E-state index contributed by atoms with van der Waals surface area (Å²) < 4.78 is 0. The highest BCUT2D eigenvalue weighted by atomic mass is 14.3. The molecule has 0 saturated carbocycles. The van der Waals surface area contributed by atoms with Gasteiger partial charge in [-0.05, 0) is 120 Å². The molecule has 0 unspecified atom stereocenters. The minimum absolute atomic E-state index is 1.20. The summed E-state index contributed by atoms with van der Waals surface area (Å²) in [5.74, 6) is 0. The van der Waals surface area contributed by atoms with Crippen molar-refractivity contribution in [2.24, 2.45) is 0 Å². The Labute approximate surface area is 349 Å². The molecule has 0 radical (unpaired) electrons. The van der Waals surface area contributed by atoms with Crippen molar-refractivity contribution in [1.29, 1.82) is 0 Å². The Kier molecular flexibility index (Phi) is 7.96. The standard InChI is InChI=1S/C60H38/c1-2-19-41(20-3-1)44-35-18-38-55(58-49-29-10-8-27-47(49)56(48-28-9-11-30-50(48)58)45-36-16-23-39-21-4-6-25-42(39)45)59(44)60-53-33-14-12-31-51(53)57(52-32-13-15-34-54(52)60)46-37-17-24-40-22-5-7-26-43(40)46/h1-38H. The van der Waals surface area contributed by atoms with Gasteiger partial charge in [0, 0.05) is 0 Å². The van der Waals surface area contributed by atoms with Crippen molar-refractivity contribution < 1.29 is 0 Å². The zero-order valence-corrected chi connectivity index (χ0v) is 32.9. The van der Waals surface area contributed by atoms with Crippen LogP contribution in [0.25, 0.3) is 120 Å². The van der Waals surface area contributed by atoms with Crippen molar-refractivity contribution in [3.63, 3.8) is 0 Å². The van der Waals surface area contributed by atoms with Gasteiger partial charge in [0.2, 0.25) is 0 Å². The summed E-state index contributed by atoms with van der Waals surface area (Å²) in [6, 6.07) is 85.2. The van der Waals surface area contributed by atoms with E-state index in [1.54, 1.807) is 0 Å². The molecule has 278 valence electrons. The summed E-state index contributed by atoms with van der Waals surface area (Å²) in [7, 11) is 0. The summed E-state index contributed by atoms with van der Waals surface area (Å²) >= 11 is 0. The second kappa shape index (κ2) is 13.9. The minimum Gasteiger partial charge on any atom is -0.0622 e. The minimum atomic E-state index is 1.20. The molecule has 12 aromatic rings. The fourth-order valence-corrected chi connectivity index (χ4v) is 10.2. The summed E-state index contributed by atoms with van der Waals surface area (Å²) in [4.78, 5) is 0. The van der Waals surface area contributed by atoms with E-state index in [0.29, 0.717) is 0 Å². The maximum atomic E-state index is 2.37. The van der Waals surface area contributed by atoms with Crippen LogP contribution in [-0.4, -0.2) is 0 Å². The molecular formula is C60H38. The van der Waals surface area contributed by atoms with Gasteiger partial charge in [0.05, 0.1) is 0 Å². The molecule has 12 aromatic carbocycles. The van der Waals surface area contributed by atoms with Crippen LogP contribution in [0.4, 0.5) is 0 Å². The predicted molar refractivity (Wildman–Crippen MR) is 259 cm³/mol. The van der Waals surface area contributed by atoms with Crippen LogP contribution in [0.3, 0.4) is 0 Å². The average molecular weight is 759 g/mol. The average Bonchev–Trinajstić information content (AvgIpc) is 3.32. The van der Waals surface area contributed by atoms with Gasteiger partial charge in [-0.2, -0.15) is 0 Å². The predicted octanol–water partition coefficient (Wildman–Crippen LogP) is 16.9. The van der Waals surface area contributed by atoms with Gasteiger partial charge in [-0.1, -0.05) is 231 Å². The van der Waals surface area contributed by atoms with E-state index in [9.17, 15) is 0 Å². The van der Waals surface area contributed by atoms with E-state index in [1.165, 1.54) is 120 Å². The third-order valence-corrected chi connectivity index (χ3v) is 12.6. The summed E-state index contributed by atoms with van der Waals surface area (Å²) in [5.41, 5.74) is 12.4. The highest BCUT2D eigenvalue weighted by Gasteiger charge is 2.25. The lowest BCUT2D eigenvalue weighted by molar-refractivity contribution is 1.60. The zero-order valence-electron chi connectivity index (χ0n) is 32.9. The maximum absolute atomic E-state index is 2.37. The van der Waals surface area contributed by atoms with Crippen LogP contribution in [0.5, 0.6) is 0 Å². The zero-order chi connectivity index (χ0) is 39.6. The third kappa shape index (κ3) is 5.25. The van der Waals surface area contributed by atoms with Gasteiger partial charge < -0.3 is 0 Å². The molecule has 0 atom stereocenters.